The fourth-order valence-corrected chi connectivity index (χ4v) is 3.31. The van der Waals surface area contributed by atoms with Crippen LogP contribution >= 0.6 is 23.2 Å². The summed E-state index contributed by atoms with van der Waals surface area (Å²) in [6.45, 7) is 1.57. The fraction of sp³-hybridized carbons (Fsp3) is 0.133. The highest BCUT2D eigenvalue weighted by Gasteiger charge is 2.19. The van der Waals surface area contributed by atoms with E-state index in [9.17, 15) is 13.2 Å². The molecule has 0 unspecified atom stereocenters. The Hall–Kier alpha value is -1.80. The number of benzene rings is 2. The molecule has 0 atom stereocenters. The molecule has 2 aromatic rings. The molecule has 24 heavy (non-hydrogen) atoms. The minimum atomic E-state index is -4.05. The van der Waals surface area contributed by atoms with Gasteiger partial charge in [0.2, 0.25) is 0 Å². The van der Waals surface area contributed by atoms with Crippen LogP contribution in [0.5, 0.6) is 5.75 Å². The second kappa shape index (κ2) is 7.85. The van der Waals surface area contributed by atoms with Crippen LogP contribution in [0, 0.1) is 6.92 Å². The van der Waals surface area contributed by atoms with Crippen LogP contribution in [0.2, 0.25) is 10.0 Å². The number of hydrazine groups is 1. The number of amides is 1. The Morgan fingerprint density at radius 1 is 1.12 bits per heavy atom. The van der Waals surface area contributed by atoms with E-state index in [1.807, 2.05) is 29.3 Å². The molecule has 9 heteroatoms. The number of rotatable bonds is 6. The minimum absolute atomic E-state index is 0.0166. The van der Waals surface area contributed by atoms with E-state index in [1.54, 1.807) is 12.1 Å². The predicted molar refractivity (Wildman–Crippen MR) is 91.6 cm³/mol. The van der Waals surface area contributed by atoms with Crippen LogP contribution in [0.1, 0.15) is 5.56 Å². The van der Waals surface area contributed by atoms with E-state index in [0.717, 1.165) is 5.56 Å². The normalized spacial score (nSPS) is 11.1. The maximum atomic E-state index is 12.1. The van der Waals surface area contributed by atoms with E-state index >= 15 is 0 Å². The van der Waals surface area contributed by atoms with Gasteiger partial charge in [-0.15, -0.1) is 4.83 Å². The Morgan fingerprint density at radius 3 is 2.46 bits per heavy atom. The molecule has 2 N–H and O–H groups in total. The standard InChI is InChI=1S/C15H14Cl2N2O4S/c1-10-2-5-12(6-3-10)23-9-15(20)18-19-24(21,22)14-8-11(16)4-7-13(14)17/h2-8,19H,9H2,1H3,(H,18,20). The zero-order chi connectivity index (χ0) is 17.7. The van der Waals surface area contributed by atoms with E-state index in [-0.39, 0.29) is 21.5 Å². The second-order valence-electron chi connectivity index (χ2n) is 4.83. The van der Waals surface area contributed by atoms with E-state index in [0.29, 0.717) is 5.75 Å². The molecule has 128 valence electrons. The van der Waals surface area contributed by atoms with Crippen molar-refractivity contribution in [3.63, 3.8) is 0 Å². The van der Waals surface area contributed by atoms with Crippen molar-refractivity contribution in [3.05, 3.63) is 58.1 Å². The fourth-order valence-electron chi connectivity index (χ4n) is 1.68. The number of carbonyl (C=O) groups is 1. The molecule has 1 amide bonds. The van der Waals surface area contributed by atoms with Crippen molar-refractivity contribution in [3.8, 4) is 5.75 Å². The van der Waals surface area contributed by atoms with Crippen LogP contribution < -0.4 is 15.0 Å². The van der Waals surface area contributed by atoms with E-state index in [1.165, 1.54) is 18.2 Å². The molecule has 0 radical (unpaired) electrons. The van der Waals surface area contributed by atoms with Crippen LogP contribution in [0.15, 0.2) is 47.4 Å². The summed E-state index contributed by atoms with van der Waals surface area (Å²) in [6, 6.07) is 11.1. The molecule has 0 aromatic heterocycles. The predicted octanol–water partition coefficient (Wildman–Crippen LogP) is 2.69. The third kappa shape index (κ3) is 5.10. The number of hydrogen-bond acceptors (Lipinski definition) is 4. The summed E-state index contributed by atoms with van der Waals surface area (Å²) in [5.74, 6) is -0.172. The van der Waals surface area contributed by atoms with Crippen molar-refractivity contribution in [2.24, 2.45) is 0 Å². The van der Waals surface area contributed by atoms with Crippen LogP contribution in [0.25, 0.3) is 0 Å². The molecule has 0 aliphatic heterocycles. The van der Waals surface area contributed by atoms with E-state index < -0.39 is 15.9 Å². The average Bonchev–Trinajstić information content (AvgIpc) is 2.54. The number of halogens is 2. The SMILES string of the molecule is Cc1ccc(OCC(=O)NNS(=O)(=O)c2cc(Cl)ccc2Cl)cc1. The van der Waals surface area contributed by atoms with Gasteiger partial charge in [-0.1, -0.05) is 40.9 Å². The molecule has 0 aliphatic carbocycles. The van der Waals surface area contributed by atoms with Gasteiger partial charge in [0, 0.05) is 5.02 Å². The minimum Gasteiger partial charge on any atom is -0.484 e. The molecule has 0 bridgehead atoms. The number of hydrogen-bond donors (Lipinski definition) is 2. The number of sulfonamides is 1. The molecule has 0 fully saturated rings. The number of carbonyl (C=O) groups excluding carboxylic acids is 1. The van der Waals surface area contributed by atoms with Crippen molar-refractivity contribution in [1.29, 1.82) is 0 Å². The lowest BCUT2D eigenvalue weighted by molar-refractivity contribution is -0.123. The molecule has 0 saturated heterocycles. The van der Waals surface area contributed by atoms with Gasteiger partial charge in [-0.2, -0.15) is 0 Å². The van der Waals surface area contributed by atoms with Gasteiger partial charge in [0.15, 0.2) is 6.61 Å². The largest absolute Gasteiger partial charge is 0.484 e. The third-order valence-electron chi connectivity index (χ3n) is 2.90. The Morgan fingerprint density at radius 2 is 1.79 bits per heavy atom. The smallest absolute Gasteiger partial charge is 0.272 e. The summed E-state index contributed by atoms with van der Waals surface area (Å²) >= 11 is 11.6. The quantitative estimate of drug-likeness (QED) is 0.744. The average molecular weight is 389 g/mol. The van der Waals surface area contributed by atoms with Crippen molar-refractivity contribution >= 4 is 39.1 Å². The zero-order valence-corrected chi connectivity index (χ0v) is 14.9. The topological polar surface area (TPSA) is 84.5 Å². The van der Waals surface area contributed by atoms with Crippen LogP contribution in [-0.4, -0.2) is 20.9 Å². The molecule has 0 heterocycles. The molecule has 2 rings (SSSR count). The lowest BCUT2D eigenvalue weighted by Gasteiger charge is -2.10. The van der Waals surface area contributed by atoms with Crippen molar-refractivity contribution < 1.29 is 17.9 Å². The van der Waals surface area contributed by atoms with Gasteiger partial charge in [0.25, 0.3) is 15.9 Å². The Balaban J connectivity index is 1.93. The van der Waals surface area contributed by atoms with E-state index in [4.69, 9.17) is 27.9 Å². The van der Waals surface area contributed by atoms with Gasteiger partial charge in [-0.05, 0) is 37.3 Å². The number of nitrogens with one attached hydrogen (secondary N) is 2. The summed E-state index contributed by atoms with van der Waals surface area (Å²) in [7, 11) is -4.05. The molecule has 6 nitrogen and oxygen atoms in total. The highest BCUT2D eigenvalue weighted by molar-refractivity contribution is 7.89. The van der Waals surface area contributed by atoms with Crippen LogP contribution in [0.4, 0.5) is 0 Å². The molecule has 2 aromatic carbocycles. The van der Waals surface area contributed by atoms with Crippen molar-refractivity contribution in [2.75, 3.05) is 6.61 Å². The van der Waals surface area contributed by atoms with Crippen LogP contribution in [-0.2, 0) is 14.8 Å². The highest BCUT2D eigenvalue weighted by Crippen LogP contribution is 2.24. The second-order valence-corrected chi connectivity index (χ2v) is 7.32. The van der Waals surface area contributed by atoms with Crippen molar-refractivity contribution in [1.82, 2.24) is 10.3 Å². The van der Waals surface area contributed by atoms with Gasteiger partial charge in [0.1, 0.15) is 10.6 Å². The van der Waals surface area contributed by atoms with Gasteiger partial charge >= 0.3 is 0 Å². The van der Waals surface area contributed by atoms with Gasteiger partial charge < -0.3 is 4.74 Å². The molecular formula is C15H14Cl2N2O4S. The van der Waals surface area contributed by atoms with Gasteiger partial charge in [-0.25, -0.2) is 8.42 Å². The number of ether oxygens (including phenoxy) is 1. The summed E-state index contributed by atoms with van der Waals surface area (Å²) in [5, 5.41) is 0.186. The molecule has 0 spiro atoms. The lowest BCUT2D eigenvalue weighted by Crippen LogP contribution is -2.43. The number of aryl methyl sites for hydroxylation is 1. The van der Waals surface area contributed by atoms with Crippen LogP contribution in [0.3, 0.4) is 0 Å². The van der Waals surface area contributed by atoms with Gasteiger partial charge in [-0.3, -0.25) is 10.2 Å². The lowest BCUT2D eigenvalue weighted by atomic mass is 10.2. The highest BCUT2D eigenvalue weighted by atomic mass is 35.5. The maximum Gasteiger partial charge on any atom is 0.272 e. The maximum absolute atomic E-state index is 12.1. The molecule has 0 aliphatic rings. The zero-order valence-electron chi connectivity index (χ0n) is 12.5. The molecular weight excluding hydrogens is 375 g/mol. The Labute approximate surface area is 149 Å². The van der Waals surface area contributed by atoms with E-state index in [2.05, 4.69) is 0 Å². The first kappa shape index (κ1) is 18.5. The third-order valence-corrected chi connectivity index (χ3v) is 4.86. The van der Waals surface area contributed by atoms with Gasteiger partial charge in [0.05, 0.1) is 5.02 Å². The first-order valence-electron chi connectivity index (χ1n) is 6.73. The Kier molecular flexibility index (Phi) is 6.06. The Bertz CT molecular complexity index is 839. The summed E-state index contributed by atoms with van der Waals surface area (Å²) in [6.07, 6.45) is 0. The molecule has 0 saturated carbocycles. The first-order chi connectivity index (χ1) is 11.3. The summed E-state index contributed by atoms with van der Waals surface area (Å²) in [5.41, 5.74) is 3.10. The summed E-state index contributed by atoms with van der Waals surface area (Å²) < 4.78 is 29.5. The summed E-state index contributed by atoms with van der Waals surface area (Å²) in [4.78, 5) is 13.4. The monoisotopic (exact) mass is 388 g/mol. The first-order valence-corrected chi connectivity index (χ1v) is 8.97. The van der Waals surface area contributed by atoms with Crippen molar-refractivity contribution in [2.45, 2.75) is 11.8 Å².